The van der Waals surface area contributed by atoms with E-state index in [1.807, 2.05) is 33.8 Å². The van der Waals surface area contributed by atoms with E-state index in [1.165, 1.54) is 14.0 Å². The molecule has 3 N–H and O–H groups in total. The standard InChI is InChI=1S/C37H45N5O9S.CH4.Pd/c1-8-22-17(2)25-16-30-33(21(6)43)19(4)27(40-30)14-26-18(3)23(9-10-31(44)45)35(41-26)24(13-32(46)51-7)36-34(37(47)38-11-12-52(48,49)50)20(5)28(42-36)15-29(22)39-25;;/h14-18,22-23H,8-13H2,1-7H3,(H5,38,39,40,41,42,43,44,45,47,48,49,50);1H4;/q;;+2/p-2/t17-,18+,22-,23+;;/m1../s1. The number of fused-ring (bicyclic) bond motifs is 8. The fraction of sp³-hybridized carbons (Fsp3) is 0.474. The van der Waals surface area contributed by atoms with E-state index in [1.54, 1.807) is 19.1 Å². The largest absolute Gasteiger partial charge is 2.00 e. The van der Waals surface area contributed by atoms with Crippen molar-refractivity contribution < 1.29 is 62.4 Å². The van der Waals surface area contributed by atoms with Crippen LogP contribution in [0.3, 0.4) is 0 Å². The molecule has 3 aromatic rings. The molecule has 0 unspecified atom stereocenters. The maximum Gasteiger partial charge on any atom is 2.00 e. The Bertz CT molecular complexity index is 2250. The van der Waals surface area contributed by atoms with Crippen molar-refractivity contribution in [1.29, 1.82) is 0 Å². The molecular weight excluding hydrogens is 809 g/mol. The minimum atomic E-state index is -4.38. The van der Waals surface area contributed by atoms with Gasteiger partial charge in [-0.2, -0.15) is 8.42 Å². The average molecular weight is 856 g/mol. The first-order valence-corrected chi connectivity index (χ1v) is 18.8. The minimum Gasteiger partial charge on any atom is -0.657 e. The maximum atomic E-state index is 13.9. The Kier molecular flexibility index (Phi) is 14.3. The van der Waals surface area contributed by atoms with Crippen molar-refractivity contribution in [1.82, 2.24) is 25.3 Å². The molecule has 4 atom stereocenters. The Morgan fingerprint density at radius 3 is 2.07 bits per heavy atom. The molecule has 54 heavy (non-hydrogen) atoms. The molecule has 0 saturated carbocycles. The third kappa shape index (κ3) is 9.00. The number of ketones is 1. The fourth-order valence-electron chi connectivity index (χ4n) is 7.35. The number of ether oxygens (including phenoxy) is 1. The number of carboxylic acid groups (broad SMARTS) is 1. The monoisotopic (exact) mass is 855 g/mol. The van der Waals surface area contributed by atoms with Crippen LogP contribution in [0.25, 0.3) is 22.1 Å². The van der Waals surface area contributed by atoms with Crippen LogP contribution in [0.15, 0.2) is 18.2 Å². The molecule has 5 heterocycles. The van der Waals surface area contributed by atoms with Crippen LogP contribution in [0, 0.1) is 13.8 Å². The van der Waals surface area contributed by atoms with Crippen LogP contribution in [0.4, 0.5) is 0 Å². The summed E-state index contributed by atoms with van der Waals surface area (Å²) in [6, 6.07) is 5.39. The van der Waals surface area contributed by atoms with Gasteiger partial charge in [0.25, 0.3) is 10.1 Å². The number of carboxylic acids is 1. The van der Waals surface area contributed by atoms with Crippen molar-refractivity contribution >= 4 is 55.8 Å². The van der Waals surface area contributed by atoms with Crippen molar-refractivity contribution in [3.63, 3.8) is 0 Å². The van der Waals surface area contributed by atoms with Gasteiger partial charge >= 0.3 is 32.4 Å². The van der Waals surface area contributed by atoms with Crippen molar-refractivity contribution in [3.8, 4) is 0 Å². The molecule has 0 spiro atoms. The van der Waals surface area contributed by atoms with Crippen molar-refractivity contribution in [2.45, 2.75) is 98.3 Å². The summed E-state index contributed by atoms with van der Waals surface area (Å²) in [7, 11) is -3.16. The SMILES string of the molecule is C.CC[C@H]1c2cc3[n-]c(c(CC(=O)OC)c4nc(cc5[n-]c(cc(n2)[C@@H]1C)c(C(C)=O)c5C)[C@@H](C)[C@@H]4CCC(=O)O)c(C(=O)NCCS(=O)(=O)O)c3C.[Pd+2]. The van der Waals surface area contributed by atoms with E-state index in [-0.39, 0.29) is 87.3 Å². The Morgan fingerprint density at radius 1 is 0.907 bits per heavy atom. The summed E-state index contributed by atoms with van der Waals surface area (Å²) >= 11 is 0. The van der Waals surface area contributed by atoms with E-state index < -0.39 is 46.2 Å². The van der Waals surface area contributed by atoms with Crippen LogP contribution in [-0.2, 0) is 51.3 Å². The number of rotatable bonds is 11. The van der Waals surface area contributed by atoms with Crippen LogP contribution in [0.2, 0.25) is 0 Å². The second kappa shape index (κ2) is 17.5. The number of esters is 1. The number of methoxy groups -OCH3 is 1. The van der Waals surface area contributed by atoms with Gasteiger partial charge in [-0.15, -0.1) is 22.1 Å². The fourth-order valence-corrected chi connectivity index (χ4v) is 7.71. The minimum absolute atomic E-state index is 0. The van der Waals surface area contributed by atoms with E-state index in [0.717, 1.165) is 5.69 Å². The molecule has 2 aliphatic heterocycles. The van der Waals surface area contributed by atoms with Gasteiger partial charge in [0, 0.05) is 70.5 Å². The van der Waals surface area contributed by atoms with E-state index in [0.29, 0.717) is 56.7 Å². The summed E-state index contributed by atoms with van der Waals surface area (Å²) in [5.74, 6) is -4.27. The van der Waals surface area contributed by atoms with Crippen LogP contribution in [0.5, 0.6) is 0 Å². The smallest absolute Gasteiger partial charge is 0.657 e. The second-order valence-corrected chi connectivity index (χ2v) is 15.1. The molecule has 2 aliphatic rings. The van der Waals surface area contributed by atoms with Gasteiger partial charge in [0.15, 0.2) is 5.78 Å². The van der Waals surface area contributed by atoms with Crippen molar-refractivity contribution in [3.05, 3.63) is 68.8 Å². The molecule has 0 aromatic carbocycles. The molecule has 0 radical (unpaired) electrons. The van der Waals surface area contributed by atoms with E-state index in [2.05, 4.69) is 5.32 Å². The average Bonchev–Trinajstić information content (AvgIpc) is 3.74. The number of aromatic nitrogens is 4. The molecule has 294 valence electrons. The summed E-state index contributed by atoms with van der Waals surface area (Å²) in [6.07, 6.45) is 0.281. The van der Waals surface area contributed by atoms with Crippen molar-refractivity contribution in [2.75, 3.05) is 19.4 Å². The molecule has 1 amide bonds. The summed E-state index contributed by atoms with van der Waals surface area (Å²) in [5, 5.41) is 12.2. The van der Waals surface area contributed by atoms with Gasteiger partial charge in [-0.05, 0) is 39.2 Å². The predicted molar refractivity (Wildman–Crippen MR) is 199 cm³/mol. The van der Waals surface area contributed by atoms with Crippen LogP contribution in [0.1, 0.15) is 138 Å². The van der Waals surface area contributed by atoms with E-state index in [9.17, 15) is 37.3 Å². The normalized spacial score (nSPS) is 17.9. The van der Waals surface area contributed by atoms with E-state index in [4.69, 9.17) is 24.7 Å². The first-order valence-electron chi connectivity index (χ1n) is 17.1. The molecule has 0 fully saturated rings. The van der Waals surface area contributed by atoms with Crippen molar-refractivity contribution in [2.24, 2.45) is 0 Å². The van der Waals surface area contributed by atoms with Gasteiger partial charge in [-0.3, -0.25) is 33.7 Å². The zero-order chi connectivity index (χ0) is 38.2. The van der Waals surface area contributed by atoms with Gasteiger partial charge in [-0.1, -0.05) is 57.5 Å². The number of aliphatic carboxylic acids is 1. The van der Waals surface area contributed by atoms with E-state index >= 15 is 0 Å². The Labute approximate surface area is 328 Å². The summed E-state index contributed by atoms with van der Waals surface area (Å²) in [6.45, 7) is 10.6. The Balaban J connectivity index is 0.00000392. The van der Waals surface area contributed by atoms with Gasteiger partial charge in [0.1, 0.15) is 0 Å². The second-order valence-electron chi connectivity index (χ2n) is 13.5. The number of hydrogen-bond donors (Lipinski definition) is 3. The van der Waals surface area contributed by atoms with Gasteiger partial charge in [0.2, 0.25) is 5.91 Å². The summed E-state index contributed by atoms with van der Waals surface area (Å²) < 4.78 is 37.3. The number of hydrogen-bond acceptors (Lipinski definition) is 9. The number of nitrogens with one attached hydrogen (secondary N) is 1. The molecule has 5 rings (SSSR count). The topological polar surface area (TPSA) is 218 Å². The molecule has 16 heteroatoms. The first kappa shape index (κ1) is 44.2. The number of carbonyl (C=O) groups is 4. The third-order valence-corrected chi connectivity index (χ3v) is 10.9. The Morgan fingerprint density at radius 2 is 1.48 bits per heavy atom. The first-order chi connectivity index (χ1) is 24.4. The van der Waals surface area contributed by atoms with Gasteiger partial charge in [0.05, 0.1) is 19.3 Å². The maximum absolute atomic E-state index is 13.9. The quantitative estimate of drug-likeness (QED) is 0.0953. The molecule has 14 nitrogen and oxygen atoms in total. The number of aryl methyl sites for hydroxylation is 2. The molecule has 3 aromatic heterocycles. The summed E-state index contributed by atoms with van der Waals surface area (Å²) in [5.41, 5.74) is 5.64. The van der Waals surface area contributed by atoms with Crippen LogP contribution < -0.4 is 15.3 Å². The number of amides is 1. The molecule has 8 bridgehead atoms. The Hall–Kier alpha value is -4.23. The number of Topliss-reactive ketones (excluding diaryl/α,β-unsaturated/α-hetero) is 1. The van der Waals surface area contributed by atoms with Crippen LogP contribution in [-0.4, -0.2) is 71.1 Å². The molecular formula is C38H47N5O9PdS. The predicted octanol–water partition coefficient (Wildman–Crippen LogP) is 5.41. The third-order valence-electron chi connectivity index (χ3n) is 10.2. The summed E-state index contributed by atoms with van der Waals surface area (Å²) in [4.78, 5) is 71.6. The van der Waals surface area contributed by atoms with Gasteiger partial charge in [-0.25, -0.2) is 0 Å². The molecule has 0 aliphatic carbocycles. The zero-order valence-electron chi connectivity index (χ0n) is 30.5. The van der Waals surface area contributed by atoms with Crippen LogP contribution >= 0.6 is 0 Å². The number of nitrogens with zero attached hydrogens (tertiary/aromatic N) is 4. The van der Waals surface area contributed by atoms with Gasteiger partial charge < -0.3 is 25.1 Å². The zero-order valence-corrected chi connectivity index (χ0v) is 32.9. The number of carbonyl (C=O) groups excluding carboxylic acids is 3. The molecule has 0 saturated heterocycles.